The highest BCUT2D eigenvalue weighted by atomic mass is 15.0. The van der Waals surface area contributed by atoms with Crippen molar-refractivity contribution in [1.29, 1.82) is 0 Å². The molecule has 1 saturated heterocycles. The molecule has 0 bridgehead atoms. The average Bonchev–Trinajstić information content (AvgIpc) is 1.94. The molecule has 0 saturated carbocycles. The molecular formula is C7H18N2. The predicted molar refractivity (Wildman–Crippen MR) is 41.7 cm³/mol. The number of hydrogen-bond acceptors (Lipinski definition) is 2. The quantitative estimate of drug-likeness (QED) is 0.501. The smallest absolute Gasteiger partial charge is 0.0164 e. The van der Waals surface area contributed by atoms with E-state index in [1.165, 1.54) is 0 Å². The van der Waals surface area contributed by atoms with Gasteiger partial charge in [0.25, 0.3) is 0 Å². The lowest BCUT2D eigenvalue weighted by Crippen LogP contribution is -2.46. The van der Waals surface area contributed by atoms with Crippen LogP contribution in [-0.4, -0.2) is 25.7 Å². The normalized spacial score (nSPS) is 26.3. The van der Waals surface area contributed by atoms with Gasteiger partial charge in [-0.05, 0) is 6.92 Å². The zero-order chi connectivity index (χ0) is 7.11. The van der Waals surface area contributed by atoms with E-state index in [-0.39, 0.29) is 0 Å². The first-order valence-electron chi connectivity index (χ1n) is 3.83. The Bertz CT molecular complexity index is 48.9. The molecule has 0 aromatic rings. The first-order valence-corrected chi connectivity index (χ1v) is 3.83. The van der Waals surface area contributed by atoms with E-state index in [9.17, 15) is 0 Å². The minimum Gasteiger partial charge on any atom is -0.314 e. The van der Waals surface area contributed by atoms with Crippen LogP contribution in [0.2, 0.25) is 0 Å². The van der Waals surface area contributed by atoms with Crippen LogP contribution in [0.4, 0.5) is 0 Å². The van der Waals surface area contributed by atoms with Gasteiger partial charge < -0.3 is 10.6 Å². The van der Waals surface area contributed by atoms with Gasteiger partial charge in [-0.25, -0.2) is 0 Å². The van der Waals surface area contributed by atoms with Crippen molar-refractivity contribution in [2.45, 2.75) is 26.8 Å². The minimum absolute atomic E-state index is 0.675. The van der Waals surface area contributed by atoms with E-state index >= 15 is 0 Å². The second-order valence-corrected chi connectivity index (χ2v) is 2.06. The van der Waals surface area contributed by atoms with Gasteiger partial charge in [-0.1, -0.05) is 13.8 Å². The standard InChI is InChI=1S/C5H12N2.C2H6/c1-5-4-6-2-3-7-5;1-2/h5-7H,2-4H2,1H3;1-2H3. The molecule has 2 N–H and O–H groups in total. The maximum atomic E-state index is 3.32. The highest BCUT2D eigenvalue weighted by molar-refractivity contribution is 4.69. The summed E-state index contributed by atoms with van der Waals surface area (Å²) in [5.41, 5.74) is 0. The Balaban J connectivity index is 0.000000291. The van der Waals surface area contributed by atoms with E-state index in [2.05, 4.69) is 17.6 Å². The molecule has 9 heavy (non-hydrogen) atoms. The number of rotatable bonds is 0. The summed E-state index contributed by atoms with van der Waals surface area (Å²) in [6.45, 7) is 9.57. The van der Waals surface area contributed by atoms with Gasteiger partial charge in [0.1, 0.15) is 0 Å². The SMILES string of the molecule is CC.CC1CNCCN1. The van der Waals surface area contributed by atoms with Gasteiger partial charge in [0.15, 0.2) is 0 Å². The molecule has 0 aliphatic carbocycles. The molecule has 56 valence electrons. The summed E-state index contributed by atoms with van der Waals surface area (Å²) in [6, 6.07) is 0.675. The molecule has 0 aromatic heterocycles. The number of piperazine rings is 1. The molecule has 2 nitrogen and oxygen atoms in total. The maximum Gasteiger partial charge on any atom is 0.0164 e. The third kappa shape index (κ3) is 4.43. The van der Waals surface area contributed by atoms with E-state index in [4.69, 9.17) is 0 Å². The molecule has 1 atom stereocenters. The minimum atomic E-state index is 0.675. The van der Waals surface area contributed by atoms with Gasteiger partial charge in [-0.3, -0.25) is 0 Å². The van der Waals surface area contributed by atoms with Crippen molar-refractivity contribution in [3.63, 3.8) is 0 Å². The fourth-order valence-corrected chi connectivity index (χ4v) is 0.798. The molecule has 0 spiro atoms. The lowest BCUT2D eigenvalue weighted by atomic mass is 10.3. The molecule has 1 aliphatic rings. The van der Waals surface area contributed by atoms with Crippen molar-refractivity contribution < 1.29 is 0 Å². The molecule has 1 rings (SSSR count). The summed E-state index contributed by atoms with van der Waals surface area (Å²) >= 11 is 0. The fourth-order valence-electron chi connectivity index (χ4n) is 0.798. The lowest BCUT2D eigenvalue weighted by molar-refractivity contribution is 0.442. The predicted octanol–water partition coefficient (Wildman–Crippen LogP) is 0.594. The monoisotopic (exact) mass is 130 g/mol. The van der Waals surface area contributed by atoms with E-state index in [0.29, 0.717) is 6.04 Å². The first kappa shape index (κ1) is 8.92. The Kier molecular flexibility index (Phi) is 5.99. The van der Waals surface area contributed by atoms with Gasteiger partial charge in [-0.15, -0.1) is 0 Å². The Morgan fingerprint density at radius 3 is 2.11 bits per heavy atom. The van der Waals surface area contributed by atoms with Crippen LogP contribution >= 0.6 is 0 Å². The van der Waals surface area contributed by atoms with E-state index in [1.54, 1.807) is 0 Å². The van der Waals surface area contributed by atoms with Crippen molar-refractivity contribution in [2.24, 2.45) is 0 Å². The summed E-state index contributed by atoms with van der Waals surface area (Å²) in [7, 11) is 0. The highest BCUT2D eigenvalue weighted by Crippen LogP contribution is 1.80. The van der Waals surface area contributed by atoms with Crippen LogP contribution in [0.5, 0.6) is 0 Å². The van der Waals surface area contributed by atoms with Gasteiger partial charge in [0, 0.05) is 25.7 Å². The van der Waals surface area contributed by atoms with Crippen LogP contribution in [0.25, 0.3) is 0 Å². The number of nitrogens with one attached hydrogen (secondary N) is 2. The first-order chi connectivity index (χ1) is 4.39. The molecule has 1 fully saturated rings. The largest absolute Gasteiger partial charge is 0.314 e. The second kappa shape index (κ2) is 6.05. The van der Waals surface area contributed by atoms with Crippen LogP contribution in [0.1, 0.15) is 20.8 Å². The van der Waals surface area contributed by atoms with E-state index < -0.39 is 0 Å². The second-order valence-electron chi connectivity index (χ2n) is 2.06. The van der Waals surface area contributed by atoms with Crippen molar-refractivity contribution in [3.8, 4) is 0 Å². The molecule has 2 heteroatoms. The van der Waals surface area contributed by atoms with Crippen LogP contribution in [-0.2, 0) is 0 Å². The summed E-state index contributed by atoms with van der Waals surface area (Å²) in [4.78, 5) is 0. The van der Waals surface area contributed by atoms with E-state index in [1.807, 2.05) is 13.8 Å². The average molecular weight is 130 g/mol. The van der Waals surface area contributed by atoms with Crippen LogP contribution < -0.4 is 10.6 Å². The van der Waals surface area contributed by atoms with Crippen molar-refractivity contribution in [3.05, 3.63) is 0 Å². The van der Waals surface area contributed by atoms with E-state index in [0.717, 1.165) is 19.6 Å². The molecule has 1 heterocycles. The maximum absolute atomic E-state index is 3.32. The lowest BCUT2D eigenvalue weighted by Gasteiger charge is -2.19. The molecular weight excluding hydrogens is 112 g/mol. The van der Waals surface area contributed by atoms with Crippen LogP contribution in [0.3, 0.4) is 0 Å². The zero-order valence-electron chi connectivity index (χ0n) is 6.70. The summed E-state index contributed by atoms with van der Waals surface area (Å²) < 4.78 is 0. The van der Waals surface area contributed by atoms with Crippen molar-refractivity contribution in [1.82, 2.24) is 10.6 Å². The van der Waals surface area contributed by atoms with Crippen LogP contribution in [0.15, 0.2) is 0 Å². The summed E-state index contributed by atoms with van der Waals surface area (Å²) in [5.74, 6) is 0. The van der Waals surface area contributed by atoms with Gasteiger partial charge in [0.05, 0.1) is 0 Å². The summed E-state index contributed by atoms with van der Waals surface area (Å²) in [6.07, 6.45) is 0. The highest BCUT2D eigenvalue weighted by Gasteiger charge is 2.03. The Morgan fingerprint density at radius 2 is 1.89 bits per heavy atom. The van der Waals surface area contributed by atoms with Gasteiger partial charge in [0.2, 0.25) is 0 Å². The molecule has 0 amide bonds. The Labute approximate surface area is 58.0 Å². The fraction of sp³-hybridized carbons (Fsp3) is 1.00. The molecule has 1 aliphatic heterocycles. The van der Waals surface area contributed by atoms with Gasteiger partial charge in [-0.2, -0.15) is 0 Å². The zero-order valence-corrected chi connectivity index (χ0v) is 6.70. The third-order valence-corrected chi connectivity index (χ3v) is 1.25. The van der Waals surface area contributed by atoms with Gasteiger partial charge >= 0.3 is 0 Å². The van der Waals surface area contributed by atoms with Crippen molar-refractivity contribution in [2.75, 3.05) is 19.6 Å². The molecule has 0 radical (unpaired) electrons. The van der Waals surface area contributed by atoms with Crippen molar-refractivity contribution >= 4 is 0 Å². The summed E-state index contributed by atoms with van der Waals surface area (Å²) in [5, 5.41) is 6.59. The number of hydrogen-bond donors (Lipinski definition) is 2. The van der Waals surface area contributed by atoms with Crippen LogP contribution in [0, 0.1) is 0 Å². The molecule has 0 aromatic carbocycles. The molecule has 1 unspecified atom stereocenters. The Morgan fingerprint density at radius 1 is 1.22 bits per heavy atom. The third-order valence-electron chi connectivity index (χ3n) is 1.25. The Hall–Kier alpha value is -0.0800. The topological polar surface area (TPSA) is 24.1 Å².